The zero-order chi connectivity index (χ0) is 14.4. The van der Waals surface area contributed by atoms with Crippen LogP contribution in [-0.2, 0) is 9.53 Å². The third-order valence-corrected chi connectivity index (χ3v) is 2.88. The first-order chi connectivity index (χ1) is 9.08. The summed E-state index contributed by atoms with van der Waals surface area (Å²) in [6.07, 6.45) is 0.367. The van der Waals surface area contributed by atoms with Gasteiger partial charge in [-0.25, -0.2) is 0 Å². The quantitative estimate of drug-likeness (QED) is 0.448. The summed E-state index contributed by atoms with van der Waals surface area (Å²) in [7, 11) is 4.24. The number of hydrogen-bond donors (Lipinski definition) is 0. The van der Waals surface area contributed by atoms with Crippen LogP contribution in [0.25, 0.3) is 0 Å². The fraction of sp³-hybridized carbons (Fsp3) is 0.429. The second-order valence-electron chi connectivity index (χ2n) is 3.91. The fourth-order valence-electron chi connectivity index (χ4n) is 1.80. The van der Waals surface area contributed by atoms with Crippen LogP contribution in [0.1, 0.15) is 23.7 Å². The van der Waals surface area contributed by atoms with Gasteiger partial charge in [0.05, 0.1) is 26.9 Å². The minimum Gasteiger partial charge on any atom is -0.497 e. The number of carbonyl (C=O) groups is 2. The second-order valence-corrected chi connectivity index (χ2v) is 3.91. The summed E-state index contributed by atoms with van der Waals surface area (Å²) in [6, 6.07) is 4.89. The standard InChI is InChI=1S/C14H18O5/c1-5-10(14(16)19-4)13(15)11-8-9(17-2)6-7-12(11)18-3/h6-8,10H,5H2,1-4H3. The van der Waals surface area contributed by atoms with E-state index in [1.807, 2.05) is 0 Å². The smallest absolute Gasteiger partial charge is 0.316 e. The van der Waals surface area contributed by atoms with Crippen molar-refractivity contribution in [1.82, 2.24) is 0 Å². The number of methoxy groups -OCH3 is 3. The van der Waals surface area contributed by atoms with Crippen LogP contribution in [0.15, 0.2) is 18.2 Å². The Balaban J connectivity index is 3.19. The number of carbonyl (C=O) groups excluding carboxylic acids is 2. The van der Waals surface area contributed by atoms with Gasteiger partial charge in [-0.3, -0.25) is 9.59 Å². The summed E-state index contributed by atoms with van der Waals surface area (Å²) in [5.74, 6) is -0.759. The highest BCUT2D eigenvalue weighted by Crippen LogP contribution is 2.27. The molecule has 0 N–H and O–H groups in total. The number of hydrogen-bond acceptors (Lipinski definition) is 5. The molecule has 0 aliphatic rings. The van der Waals surface area contributed by atoms with E-state index in [0.717, 1.165) is 0 Å². The molecule has 0 spiro atoms. The zero-order valence-electron chi connectivity index (χ0n) is 11.6. The minimum atomic E-state index is -0.828. The Kier molecular flexibility index (Phi) is 5.36. The Morgan fingerprint density at radius 1 is 1.16 bits per heavy atom. The molecule has 5 heteroatoms. The molecule has 19 heavy (non-hydrogen) atoms. The first-order valence-corrected chi connectivity index (χ1v) is 5.93. The van der Waals surface area contributed by atoms with Crippen LogP contribution in [0.4, 0.5) is 0 Å². The molecule has 0 aliphatic carbocycles. The highest BCUT2D eigenvalue weighted by molar-refractivity contribution is 6.10. The molecular formula is C14H18O5. The van der Waals surface area contributed by atoms with Crippen molar-refractivity contribution in [3.63, 3.8) is 0 Å². The molecule has 0 heterocycles. The third-order valence-electron chi connectivity index (χ3n) is 2.88. The summed E-state index contributed by atoms with van der Waals surface area (Å²) in [5.41, 5.74) is 0.319. The number of rotatable bonds is 6. The van der Waals surface area contributed by atoms with Gasteiger partial charge in [0.15, 0.2) is 5.78 Å². The second kappa shape index (κ2) is 6.78. The molecule has 1 aromatic rings. The Bertz CT molecular complexity index is 467. The molecule has 1 aromatic carbocycles. The normalized spacial score (nSPS) is 11.6. The molecule has 0 amide bonds. The van der Waals surface area contributed by atoms with Crippen LogP contribution in [0.2, 0.25) is 0 Å². The predicted octanol–water partition coefficient (Wildman–Crippen LogP) is 2.09. The van der Waals surface area contributed by atoms with Crippen LogP contribution in [-0.4, -0.2) is 33.1 Å². The molecule has 104 valence electrons. The summed E-state index contributed by atoms with van der Waals surface area (Å²) < 4.78 is 14.9. The van der Waals surface area contributed by atoms with Gasteiger partial charge in [0.2, 0.25) is 0 Å². The number of esters is 1. The van der Waals surface area contributed by atoms with Crippen LogP contribution in [0.5, 0.6) is 11.5 Å². The van der Waals surface area contributed by atoms with Gasteiger partial charge < -0.3 is 14.2 Å². The minimum absolute atomic E-state index is 0.319. The molecule has 0 bridgehead atoms. The van der Waals surface area contributed by atoms with Gasteiger partial charge in [0.1, 0.15) is 17.4 Å². The molecule has 1 unspecified atom stereocenters. The van der Waals surface area contributed by atoms with Gasteiger partial charge in [-0.05, 0) is 24.6 Å². The van der Waals surface area contributed by atoms with E-state index in [1.54, 1.807) is 25.1 Å². The Morgan fingerprint density at radius 3 is 2.32 bits per heavy atom. The lowest BCUT2D eigenvalue weighted by Crippen LogP contribution is -2.25. The molecule has 1 rings (SSSR count). The van der Waals surface area contributed by atoms with E-state index in [-0.39, 0.29) is 5.78 Å². The number of Topliss-reactive ketones (excluding diaryl/α,β-unsaturated/α-hetero) is 1. The molecule has 0 fully saturated rings. The van der Waals surface area contributed by atoms with E-state index in [4.69, 9.17) is 9.47 Å². The highest BCUT2D eigenvalue weighted by atomic mass is 16.5. The Labute approximate surface area is 112 Å². The average Bonchev–Trinajstić information content (AvgIpc) is 2.46. The third kappa shape index (κ3) is 3.24. The summed E-state index contributed by atoms with van der Waals surface area (Å²) in [4.78, 5) is 24.0. The van der Waals surface area contributed by atoms with Crippen molar-refractivity contribution in [2.45, 2.75) is 13.3 Å². The van der Waals surface area contributed by atoms with Crippen molar-refractivity contribution in [2.75, 3.05) is 21.3 Å². The SMILES string of the molecule is CCC(C(=O)OC)C(=O)c1cc(OC)ccc1OC. The molecule has 0 aliphatic heterocycles. The molecule has 1 atom stereocenters. The van der Waals surface area contributed by atoms with Crippen LogP contribution in [0.3, 0.4) is 0 Å². The molecule has 0 saturated carbocycles. The monoisotopic (exact) mass is 266 g/mol. The largest absolute Gasteiger partial charge is 0.497 e. The van der Waals surface area contributed by atoms with Gasteiger partial charge in [0, 0.05) is 0 Å². The molecule has 5 nitrogen and oxygen atoms in total. The number of ether oxygens (including phenoxy) is 3. The van der Waals surface area contributed by atoms with Crippen molar-refractivity contribution in [2.24, 2.45) is 5.92 Å². The first kappa shape index (κ1) is 15.0. The fourth-order valence-corrected chi connectivity index (χ4v) is 1.80. The van der Waals surface area contributed by atoms with Crippen molar-refractivity contribution in [1.29, 1.82) is 0 Å². The van der Waals surface area contributed by atoms with Gasteiger partial charge in [-0.1, -0.05) is 6.92 Å². The van der Waals surface area contributed by atoms with Gasteiger partial charge >= 0.3 is 5.97 Å². The van der Waals surface area contributed by atoms with E-state index < -0.39 is 11.9 Å². The van der Waals surface area contributed by atoms with Gasteiger partial charge in [0.25, 0.3) is 0 Å². The van der Waals surface area contributed by atoms with Crippen molar-refractivity contribution < 1.29 is 23.8 Å². The van der Waals surface area contributed by atoms with E-state index in [9.17, 15) is 9.59 Å². The Morgan fingerprint density at radius 2 is 1.84 bits per heavy atom. The molecule has 0 saturated heterocycles. The number of benzene rings is 1. The predicted molar refractivity (Wildman–Crippen MR) is 69.7 cm³/mol. The lowest BCUT2D eigenvalue weighted by molar-refractivity contribution is -0.143. The Hall–Kier alpha value is -2.04. The van der Waals surface area contributed by atoms with Gasteiger partial charge in [-0.2, -0.15) is 0 Å². The molecule has 0 radical (unpaired) electrons. The lowest BCUT2D eigenvalue weighted by Gasteiger charge is -2.14. The lowest BCUT2D eigenvalue weighted by atomic mass is 9.94. The van der Waals surface area contributed by atoms with Crippen molar-refractivity contribution in [3.05, 3.63) is 23.8 Å². The van der Waals surface area contributed by atoms with Crippen molar-refractivity contribution >= 4 is 11.8 Å². The topological polar surface area (TPSA) is 61.8 Å². The molecular weight excluding hydrogens is 248 g/mol. The van der Waals surface area contributed by atoms with Crippen LogP contribution >= 0.6 is 0 Å². The zero-order valence-corrected chi connectivity index (χ0v) is 11.6. The van der Waals surface area contributed by atoms with Crippen LogP contribution < -0.4 is 9.47 Å². The summed E-state index contributed by atoms with van der Waals surface area (Å²) in [5, 5.41) is 0. The van der Waals surface area contributed by atoms with E-state index in [0.29, 0.717) is 23.5 Å². The highest BCUT2D eigenvalue weighted by Gasteiger charge is 2.29. The number of ketones is 1. The maximum absolute atomic E-state index is 12.4. The first-order valence-electron chi connectivity index (χ1n) is 5.93. The maximum Gasteiger partial charge on any atom is 0.316 e. The average molecular weight is 266 g/mol. The van der Waals surface area contributed by atoms with Gasteiger partial charge in [-0.15, -0.1) is 0 Å². The molecule has 0 aromatic heterocycles. The summed E-state index contributed by atoms with van der Waals surface area (Å²) >= 11 is 0. The summed E-state index contributed by atoms with van der Waals surface area (Å²) in [6.45, 7) is 1.76. The van der Waals surface area contributed by atoms with E-state index in [1.165, 1.54) is 21.3 Å². The van der Waals surface area contributed by atoms with E-state index >= 15 is 0 Å². The van der Waals surface area contributed by atoms with Crippen LogP contribution in [0, 0.1) is 5.92 Å². The maximum atomic E-state index is 12.4. The van der Waals surface area contributed by atoms with E-state index in [2.05, 4.69) is 4.74 Å². The van der Waals surface area contributed by atoms with Crippen molar-refractivity contribution in [3.8, 4) is 11.5 Å².